The number of nitrogens with two attached hydrogens (primary N) is 1. The third-order valence-corrected chi connectivity index (χ3v) is 5.21. The predicted octanol–water partition coefficient (Wildman–Crippen LogP) is 1.92. The van der Waals surface area contributed by atoms with Crippen molar-refractivity contribution in [2.24, 2.45) is 0 Å². The number of carbonyl (C=O) groups excluding carboxylic acids is 1. The number of carbonyl (C=O) groups is 1. The van der Waals surface area contributed by atoms with Gasteiger partial charge < -0.3 is 15.6 Å². The van der Waals surface area contributed by atoms with Crippen LogP contribution in [-0.4, -0.2) is 50.3 Å². The molecular formula is C22H20N6O3. The number of nitrogens with zero attached hydrogens (tertiary/aromatic N) is 5. The fraction of sp³-hybridized carbons (Fsp3) is 0.182. The van der Waals surface area contributed by atoms with E-state index in [1.165, 1.54) is 0 Å². The van der Waals surface area contributed by atoms with Gasteiger partial charge in [0.15, 0.2) is 11.5 Å². The van der Waals surface area contributed by atoms with Crippen LogP contribution < -0.4 is 10.6 Å². The van der Waals surface area contributed by atoms with E-state index >= 15 is 0 Å². The Kier molecular flexibility index (Phi) is 4.81. The molecule has 5 rings (SSSR count). The van der Waals surface area contributed by atoms with Gasteiger partial charge in [0.2, 0.25) is 0 Å². The molecule has 1 saturated heterocycles. The van der Waals surface area contributed by atoms with Crippen LogP contribution in [0.5, 0.6) is 0 Å². The van der Waals surface area contributed by atoms with Gasteiger partial charge in [-0.2, -0.15) is 0 Å². The van der Waals surface area contributed by atoms with Crippen LogP contribution >= 0.6 is 0 Å². The zero-order valence-corrected chi connectivity index (χ0v) is 16.6. The maximum atomic E-state index is 12.3. The number of hydrogen-bond acceptors (Lipinski definition) is 7. The zero-order chi connectivity index (χ0) is 21.4. The van der Waals surface area contributed by atoms with Crippen molar-refractivity contribution >= 4 is 28.7 Å². The van der Waals surface area contributed by atoms with Gasteiger partial charge in [0, 0.05) is 11.9 Å². The van der Waals surface area contributed by atoms with Gasteiger partial charge in [-0.05, 0) is 42.0 Å². The first kappa shape index (κ1) is 19.2. The lowest BCUT2D eigenvalue weighted by molar-refractivity contribution is -0.125. The van der Waals surface area contributed by atoms with Crippen LogP contribution in [0.25, 0.3) is 28.2 Å². The minimum atomic E-state index is -0.131. The summed E-state index contributed by atoms with van der Waals surface area (Å²) in [5.74, 6) is 1.36. The Labute approximate surface area is 177 Å². The van der Waals surface area contributed by atoms with Crippen LogP contribution in [0.3, 0.4) is 0 Å². The van der Waals surface area contributed by atoms with Crippen molar-refractivity contribution in [1.29, 1.82) is 0 Å². The van der Waals surface area contributed by atoms with Gasteiger partial charge in [0.05, 0.1) is 25.3 Å². The topological polar surface area (TPSA) is 119 Å². The van der Waals surface area contributed by atoms with Crippen molar-refractivity contribution in [3.63, 3.8) is 0 Å². The smallest absolute Gasteiger partial charge is 0.254 e. The molecule has 156 valence electrons. The monoisotopic (exact) mass is 416 g/mol. The van der Waals surface area contributed by atoms with E-state index in [0.29, 0.717) is 47.3 Å². The molecule has 1 aliphatic rings. The lowest BCUT2D eigenvalue weighted by Gasteiger charge is -2.25. The Morgan fingerprint density at radius 2 is 1.94 bits per heavy atom. The average molecular weight is 416 g/mol. The number of amides is 1. The minimum absolute atomic E-state index is 0.0407. The van der Waals surface area contributed by atoms with E-state index in [4.69, 9.17) is 20.4 Å². The van der Waals surface area contributed by atoms with Crippen LogP contribution in [0.1, 0.15) is 5.56 Å². The van der Waals surface area contributed by atoms with E-state index in [2.05, 4.69) is 4.98 Å². The summed E-state index contributed by atoms with van der Waals surface area (Å²) in [7, 11) is 0. The second-order valence-electron chi connectivity index (χ2n) is 7.14. The number of morpholine rings is 1. The van der Waals surface area contributed by atoms with Gasteiger partial charge in [0.25, 0.3) is 5.91 Å². The summed E-state index contributed by atoms with van der Waals surface area (Å²) < 4.78 is 7.12. The highest BCUT2D eigenvalue weighted by atomic mass is 16.5. The molecule has 0 radical (unpaired) electrons. The zero-order valence-electron chi connectivity index (χ0n) is 16.6. The molecular weight excluding hydrogens is 396 g/mol. The van der Waals surface area contributed by atoms with Gasteiger partial charge in [-0.25, -0.2) is 15.0 Å². The Morgan fingerprint density at radius 3 is 2.68 bits per heavy atom. The standard InChI is InChI=1S/C22H20N6O3/c23-20-16(2-1-9-24-20)21-25-17-7-8-18(27-10-11-31-13-19(27)30)26-22(17)28(21)15-5-3-14(12-29)4-6-15/h1-9,29H,10-13H2,(H2,23,24). The Bertz CT molecular complexity index is 1270. The third kappa shape index (κ3) is 3.39. The van der Waals surface area contributed by atoms with Gasteiger partial charge in [-0.1, -0.05) is 12.1 Å². The average Bonchev–Trinajstić information content (AvgIpc) is 3.18. The highest BCUT2D eigenvalue weighted by Crippen LogP contribution is 2.31. The molecule has 0 saturated carbocycles. The molecule has 1 fully saturated rings. The van der Waals surface area contributed by atoms with Gasteiger partial charge in [-0.15, -0.1) is 0 Å². The molecule has 1 aliphatic heterocycles. The summed E-state index contributed by atoms with van der Waals surface area (Å²) in [4.78, 5) is 27.7. The Hall–Kier alpha value is -3.82. The first-order valence-electron chi connectivity index (χ1n) is 9.84. The molecule has 31 heavy (non-hydrogen) atoms. The van der Waals surface area contributed by atoms with Crippen LogP contribution in [0.15, 0.2) is 54.7 Å². The number of anilines is 2. The van der Waals surface area contributed by atoms with Crippen molar-refractivity contribution in [3.05, 3.63) is 60.3 Å². The lowest BCUT2D eigenvalue weighted by atomic mass is 10.2. The second kappa shape index (κ2) is 7.78. The highest BCUT2D eigenvalue weighted by Gasteiger charge is 2.24. The van der Waals surface area contributed by atoms with E-state index in [1.807, 2.05) is 41.0 Å². The molecule has 4 heterocycles. The van der Waals surface area contributed by atoms with Crippen LogP contribution in [0.4, 0.5) is 11.6 Å². The van der Waals surface area contributed by atoms with Crippen LogP contribution in [0, 0.1) is 0 Å². The molecule has 3 aromatic heterocycles. The number of aromatic nitrogens is 4. The maximum Gasteiger partial charge on any atom is 0.254 e. The number of ether oxygens (including phenoxy) is 1. The number of aliphatic hydroxyl groups is 1. The SMILES string of the molecule is Nc1ncccc1-c1nc2ccc(N3CCOCC3=O)nc2n1-c1ccc(CO)cc1. The number of rotatable bonds is 4. The molecule has 4 aromatic rings. The van der Waals surface area contributed by atoms with E-state index < -0.39 is 0 Å². The van der Waals surface area contributed by atoms with Gasteiger partial charge in [-0.3, -0.25) is 14.3 Å². The number of benzene rings is 1. The number of fused-ring (bicyclic) bond motifs is 1. The van der Waals surface area contributed by atoms with Crippen molar-refractivity contribution in [2.75, 3.05) is 30.4 Å². The minimum Gasteiger partial charge on any atom is -0.392 e. The normalized spacial score (nSPS) is 14.4. The van der Waals surface area contributed by atoms with Crippen molar-refractivity contribution in [1.82, 2.24) is 19.5 Å². The summed E-state index contributed by atoms with van der Waals surface area (Å²) in [5, 5.41) is 9.40. The number of pyridine rings is 2. The lowest BCUT2D eigenvalue weighted by Crippen LogP contribution is -2.42. The number of hydrogen-bond donors (Lipinski definition) is 2. The third-order valence-electron chi connectivity index (χ3n) is 5.21. The molecule has 9 heteroatoms. The number of nitrogen functional groups attached to an aromatic ring is 1. The van der Waals surface area contributed by atoms with E-state index in [9.17, 15) is 9.90 Å². The molecule has 0 unspecified atom stereocenters. The molecule has 1 amide bonds. The molecule has 9 nitrogen and oxygen atoms in total. The number of aliphatic hydroxyl groups excluding tert-OH is 1. The van der Waals surface area contributed by atoms with Gasteiger partial charge in [0.1, 0.15) is 23.8 Å². The van der Waals surface area contributed by atoms with Gasteiger partial charge >= 0.3 is 0 Å². The highest BCUT2D eigenvalue weighted by molar-refractivity contribution is 5.95. The Balaban J connectivity index is 1.74. The Morgan fingerprint density at radius 1 is 1.10 bits per heavy atom. The summed E-state index contributed by atoms with van der Waals surface area (Å²) in [6.07, 6.45) is 1.63. The molecule has 0 aliphatic carbocycles. The van der Waals surface area contributed by atoms with E-state index in [0.717, 1.165) is 11.3 Å². The fourth-order valence-electron chi connectivity index (χ4n) is 3.64. The molecule has 3 N–H and O–H groups in total. The summed E-state index contributed by atoms with van der Waals surface area (Å²) in [5.41, 5.74) is 9.67. The van der Waals surface area contributed by atoms with Crippen molar-refractivity contribution < 1.29 is 14.6 Å². The van der Waals surface area contributed by atoms with E-state index in [1.54, 1.807) is 23.2 Å². The summed E-state index contributed by atoms with van der Waals surface area (Å²) >= 11 is 0. The quantitative estimate of drug-likeness (QED) is 0.522. The predicted molar refractivity (Wildman–Crippen MR) is 116 cm³/mol. The molecule has 1 aromatic carbocycles. The number of imidazole rings is 1. The maximum absolute atomic E-state index is 12.3. The molecule has 0 bridgehead atoms. The first-order valence-corrected chi connectivity index (χ1v) is 9.84. The largest absolute Gasteiger partial charge is 0.392 e. The van der Waals surface area contributed by atoms with Crippen LogP contribution in [0.2, 0.25) is 0 Å². The van der Waals surface area contributed by atoms with Crippen LogP contribution in [-0.2, 0) is 16.1 Å². The molecule has 0 spiro atoms. The molecule has 0 atom stereocenters. The van der Waals surface area contributed by atoms with E-state index in [-0.39, 0.29) is 19.1 Å². The van der Waals surface area contributed by atoms with Crippen molar-refractivity contribution in [3.8, 4) is 17.1 Å². The first-order chi connectivity index (χ1) is 15.2. The fourth-order valence-corrected chi connectivity index (χ4v) is 3.64. The van der Waals surface area contributed by atoms with Crippen molar-refractivity contribution in [2.45, 2.75) is 6.61 Å². The summed E-state index contributed by atoms with van der Waals surface area (Å²) in [6, 6.07) is 14.7. The second-order valence-corrected chi connectivity index (χ2v) is 7.14. The summed E-state index contributed by atoms with van der Waals surface area (Å²) in [6.45, 7) is 0.901.